The lowest BCUT2D eigenvalue weighted by Crippen LogP contribution is -1.84. The fourth-order valence-corrected chi connectivity index (χ4v) is 3.02. The molecule has 0 saturated heterocycles. The molecule has 17 heavy (non-hydrogen) atoms. The Morgan fingerprint density at radius 1 is 1.06 bits per heavy atom. The molecule has 0 aliphatic heterocycles. The van der Waals surface area contributed by atoms with Crippen LogP contribution in [0.5, 0.6) is 5.75 Å². The Bertz CT molecular complexity index is 257. The van der Waals surface area contributed by atoms with Crippen molar-refractivity contribution in [3.05, 3.63) is 29.8 Å². The first-order valence-corrected chi connectivity index (χ1v) is 9.11. The first kappa shape index (κ1) is 16.5. The molecule has 0 aliphatic rings. The summed E-state index contributed by atoms with van der Waals surface area (Å²) in [6.07, 6.45) is 3.71. The van der Waals surface area contributed by atoms with Gasteiger partial charge in [-0.25, -0.2) is 0 Å². The smallest absolute Gasteiger partial charge is 0.115 e. The Balaban J connectivity index is 0.000000325. The molecule has 0 aromatic heterocycles. The number of aryl methyl sites for hydroxylation is 1. The first-order valence-electron chi connectivity index (χ1n) is 6.58. The van der Waals surface area contributed by atoms with Gasteiger partial charge < -0.3 is 5.11 Å². The predicted octanol–water partition coefficient (Wildman–Crippen LogP) is 3.99. The molecule has 1 aromatic rings. The quantitative estimate of drug-likeness (QED) is 0.472. The van der Waals surface area contributed by atoms with Crippen molar-refractivity contribution >= 4 is 21.1 Å². The highest BCUT2D eigenvalue weighted by molar-refractivity contribution is 6.35. The van der Waals surface area contributed by atoms with E-state index in [0.29, 0.717) is 21.1 Å². The molecule has 0 unspecified atom stereocenters. The monoisotopic (exact) mass is 272 g/mol. The lowest BCUT2D eigenvalue weighted by atomic mass is 10.2. The van der Waals surface area contributed by atoms with Crippen molar-refractivity contribution < 1.29 is 5.11 Å². The van der Waals surface area contributed by atoms with Crippen molar-refractivity contribution in [1.29, 1.82) is 0 Å². The highest BCUT2D eigenvalue weighted by atomic mass is 35.5. The van der Waals surface area contributed by atoms with Crippen LogP contribution in [-0.4, -0.2) is 20.5 Å². The van der Waals surface area contributed by atoms with E-state index < -0.39 is 0 Å². The number of hydrogen-bond acceptors (Lipinski definition) is 1. The minimum absolute atomic E-state index is 0.304. The molecular weight excluding hydrogens is 248 g/mol. The number of phenols is 1. The number of halogens is 1. The number of phenolic OH excluding ortho intramolecular Hbond substituents is 1. The highest BCUT2D eigenvalue weighted by Crippen LogP contribution is 2.09. The summed E-state index contributed by atoms with van der Waals surface area (Å²) in [4.78, 5) is 0. The second-order valence-electron chi connectivity index (χ2n) is 4.17. The third kappa shape index (κ3) is 10.4. The van der Waals surface area contributed by atoms with Gasteiger partial charge in [0.25, 0.3) is 0 Å². The van der Waals surface area contributed by atoms with Crippen LogP contribution in [0.2, 0.25) is 12.1 Å². The first-order chi connectivity index (χ1) is 8.24. The van der Waals surface area contributed by atoms with Crippen molar-refractivity contribution in [2.45, 2.75) is 45.2 Å². The molecule has 3 heteroatoms. The van der Waals surface area contributed by atoms with E-state index in [1.165, 1.54) is 12.8 Å². The van der Waals surface area contributed by atoms with E-state index in [9.17, 15) is 0 Å². The minimum atomic E-state index is 0.304. The average Bonchev–Trinajstić information content (AvgIpc) is 2.34. The number of rotatable bonds is 6. The van der Waals surface area contributed by atoms with Crippen LogP contribution in [0.15, 0.2) is 24.3 Å². The summed E-state index contributed by atoms with van der Waals surface area (Å²) < 4.78 is 0. The Labute approximate surface area is 113 Å². The largest absolute Gasteiger partial charge is 0.508 e. The number of alkyl halides is 1. The predicted molar refractivity (Wildman–Crippen MR) is 81.3 cm³/mol. The van der Waals surface area contributed by atoms with E-state index in [1.54, 1.807) is 24.2 Å². The van der Waals surface area contributed by atoms with Crippen molar-refractivity contribution in [3.63, 3.8) is 0 Å². The summed E-state index contributed by atoms with van der Waals surface area (Å²) in [6, 6.07) is 10.2. The molecule has 0 aliphatic carbocycles. The van der Waals surface area contributed by atoms with Crippen LogP contribution in [0, 0.1) is 0 Å². The van der Waals surface area contributed by atoms with E-state index in [0.717, 1.165) is 12.0 Å². The van der Waals surface area contributed by atoms with Gasteiger partial charge in [-0.1, -0.05) is 50.9 Å². The van der Waals surface area contributed by atoms with Gasteiger partial charge in [-0.2, -0.15) is 0 Å². The zero-order chi connectivity index (χ0) is 12.9. The fraction of sp³-hybridized carbons (Fsp3) is 0.571. The standard InChI is InChI=1S/C8H9ClO.C6H16Si/c9-6-5-7-1-3-8(10)4-2-7;1-3-5-7-6-4-2/h1-4,10H,5-6H2;3-7H2,1-2H3. The Morgan fingerprint density at radius 2 is 1.59 bits per heavy atom. The van der Waals surface area contributed by atoms with Crippen LogP contribution in [0.4, 0.5) is 0 Å². The summed E-state index contributed by atoms with van der Waals surface area (Å²) in [6.45, 7) is 4.56. The second-order valence-corrected chi connectivity index (χ2v) is 6.67. The van der Waals surface area contributed by atoms with Crippen LogP contribution in [0.1, 0.15) is 32.3 Å². The van der Waals surface area contributed by atoms with Gasteiger partial charge in [0.15, 0.2) is 0 Å². The molecule has 1 rings (SSSR count). The minimum Gasteiger partial charge on any atom is -0.508 e. The van der Waals surface area contributed by atoms with Gasteiger partial charge >= 0.3 is 0 Å². The molecule has 0 amide bonds. The number of hydrogen-bond donors (Lipinski definition) is 1. The van der Waals surface area contributed by atoms with Gasteiger partial charge in [0.2, 0.25) is 0 Å². The van der Waals surface area contributed by atoms with Crippen LogP contribution >= 0.6 is 11.6 Å². The van der Waals surface area contributed by atoms with E-state index in [1.807, 2.05) is 12.1 Å². The fourth-order valence-electron chi connectivity index (χ4n) is 1.45. The highest BCUT2D eigenvalue weighted by Gasteiger charge is 1.90. The van der Waals surface area contributed by atoms with Crippen molar-refractivity contribution in [2.75, 3.05) is 5.88 Å². The normalized spacial score (nSPS) is 9.59. The SMILES string of the molecule is CCC[SiH2]CCC.Oc1ccc(CCCl)cc1. The van der Waals surface area contributed by atoms with Crippen LogP contribution in [0.25, 0.3) is 0 Å². The molecule has 0 radical (unpaired) electrons. The van der Waals surface area contributed by atoms with Gasteiger partial charge in [-0.05, 0) is 24.1 Å². The number of benzene rings is 1. The van der Waals surface area contributed by atoms with E-state index in [2.05, 4.69) is 13.8 Å². The van der Waals surface area contributed by atoms with Crippen LogP contribution < -0.4 is 0 Å². The molecule has 1 N–H and O–H groups in total. The average molecular weight is 273 g/mol. The van der Waals surface area contributed by atoms with Crippen molar-refractivity contribution in [1.82, 2.24) is 0 Å². The number of aromatic hydroxyl groups is 1. The molecule has 1 nitrogen and oxygen atoms in total. The maximum absolute atomic E-state index is 8.89. The lowest BCUT2D eigenvalue weighted by molar-refractivity contribution is 0.475. The van der Waals surface area contributed by atoms with Gasteiger partial charge in [0.1, 0.15) is 5.75 Å². The molecule has 0 heterocycles. The summed E-state index contributed by atoms with van der Waals surface area (Å²) in [5, 5.41) is 8.89. The van der Waals surface area contributed by atoms with Gasteiger partial charge in [-0.3, -0.25) is 0 Å². The van der Waals surface area contributed by atoms with E-state index in [-0.39, 0.29) is 0 Å². The Morgan fingerprint density at radius 3 is 2.00 bits per heavy atom. The van der Waals surface area contributed by atoms with Crippen LogP contribution in [0.3, 0.4) is 0 Å². The zero-order valence-corrected chi connectivity index (χ0v) is 13.3. The van der Waals surface area contributed by atoms with E-state index in [4.69, 9.17) is 16.7 Å². The second kappa shape index (κ2) is 12.0. The van der Waals surface area contributed by atoms with Crippen LogP contribution in [-0.2, 0) is 6.42 Å². The third-order valence-corrected chi connectivity index (χ3v) is 5.13. The third-order valence-electron chi connectivity index (χ3n) is 2.53. The van der Waals surface area contributed by atoms with Gasteiger partial charge in [0, 0.05) is 15.4 Å². The molecule has 98 valence electrons. The summed E-state index contributed by atoms with van der Waals surface area (Å²) >= 11 is 5.51. The molecule has 0 bridgehead atoms. The topological polar surface area (TPSA) is 20.2 Å². The summed E-state index contributed by atoms with van der Waals surface area (Å²) in [5.74, 6) is 0.934. The lowest BCUT2D eigenvalue weighted by Gasteiger charge is -1.95. The van der Waals surface area contributed by atoms with Gasteiger partial charge in [-0.15, -0.1) is 11.6 Å². The summed E-state index contributed by atoms with van der Waals surface area (Å²) in [5.41, 5.74) is 1.16. The molecule has 0 spiro atoms. The van der Waals surface area contributed by atoms with E-state index >= 15 is 0 Å². The molecular formula is C14H25ClOSi. The van der Waals surface area contributed by atoms with Crippen molar-refractivity contribution in [3.8, 4) is 5.75 Å². The van der Waals surface area contributed by atoms with Gasteiger partial charge in [0.05, 0.1) is 0 Å². The maximum Gasteiger partial charge on any atom is 0.115 e. The maximum atomic E-state index is 8.89. The molecule has 1 aromatic carbocycles. The molecule has 0 atom stereocenters. The van der Waals surface area contributed by atoms with Crippen molar-refractivity contribution in [2.24, 2.45) is 0 Å². The molecule has 0 fully saturated rings. The zero-order valence-electron chi connectivity index (χ0n) is 11.1. The summed E-state index contributed by atoms with van der Waals surface area (Å²) in [7, 11) is 0.411. The Kier molecular flexibility index (Phi) is 11.7. The molecule has 0 saturated carbocycles. The Hall–Kier alpha value is -0.473.